The molecule has 0 spiro atoms. The predicted octanol–water partition coefficient (Wildman–Crippen LogP) is 2.15. The Balaban J connectivity index is 0.00000144. The second kappa shape index (κ2) is 7.31. The summed E-state index contributed by atoms with van der Waals surface area (Å²) in [6.45, 7) is 3.15. The monoisotopic (exact) mass is 322 g/mol. The highest BCUT2D eigenvalue weighted by molar-refractivity contribution is 8.93. The van der Waals surface area contributed by atoms with Crippen molar-refractivity contribution in [2.75, 3.05) is 26.9 Å². The summed E-state index contributed by atoms with van der Waals surface area (Å²) < 4.78 is 12.4. The first-order valence-electron chi connectivity index (χ1n) is 5.62. The molecule has 1 aromatic rings. The van der Waals surface area contributed by atoms with Gasteiger partial charge in [0, 0.05) is 37.9 Å². The first-order valence-corrected chi connectivity index (χ1v) is 6.44. The molecule has 98 valence electrons. The summed E-state index contributed by atoms with van der Waals surface area (Å²) in [5, 5.41) is 7.88. The maximum atomic E-state index is 7.88. The van der Waals surface area contributed by atoms with Crippen molar-refractivity contribution in [2.24, 2.45) is 0 Å². The number of nitrogens with zero attached hydrogens (tertiary/aromatic N) is 1. The zero-order valence-electron chi connectivity index (χ0n) is 9.98. The Morgan fingerprint density at radius 1 is 1.53 bits per heavy atom. The van der Waals surface area contributed by atoms with Crippen LogP contribution < -0.4 is 4.80 Å². The zero-order valence-corrected chi connectivity index (χ0v) is 12.5. The number of aromatic nitrogens is 1. The smallest absolute Gasteiger partial charge is 0.182 e. The predicted molar refractivity (Wildman–Crippen MR) is 73.2 cm³/mol. The molecule has 1 saturated heterocycles. The normalized spacial score (nSPS) is 16.8. The van der Waals surface area contributed by atoms with Crippen molar-refractivity contribution in [3.8, 4) is 0 Å². The van der Waals surface area contributed by atoms with E-state index < -0.39 is 0 Å². The number of hydrogen-bond donors (Lipinski definition) is 1. The molecule has 0 bridgehead atoms. The molecule has 2 rings (SSSR count). The Labute approximate surface area is 116 Å². The van der Waals surface area contributed by atoms with Crippen LogP contribution in [0.25, 0.3) is 0 Å². The molecular weight excluding hydrogens is 304 g/mol. The number of halogens is 1. The van der Waals surface area contributed by atoms with Crippen LogP contribution in [0.4, 0.5) is 0 Å². The lowest BCUT2D eigenvalue weighted by Crippen LogP contribution is -2.15. The highest BCUT2D eigenvalue weighted by Crippen LogP contribution is 2.28. The lowest BCUT2D eigenvalue weighted by Gasteiger charge is -2.20. The third-order valence-corrected chi connectivity index (χ3v) is 4.02. The Morgan fingerprint density at radius 3 is 2.88 bits per heavy atom. The first-order chi connectivity index (χ1) is 7.81. The minimum absolute atomic E-state index is 0. The maximum absolute atomic E-state index is 7.88. The Bertz CT molecular complexity index is 385. The van der Waals surface area contributed by atoms with Gasteiger partial charge in [-0.3, -0.25) is 5.41 Å². The Hall–Kier alpha value is -0.170. The van der Waals surface area contributed by atoms with E-state index in [9.17, 15) is 0 Å². The van der Waals surface area contributed by atoms with Gasteiger partial charge in [0.25, 0.3) is 0 Å². The first kappa shape index (κ1) is 14.9. The van der Waals surface area contributed by atoms with Crippen LogP contribution in [0.2, 0.25) is 0 Å². The number of nitrogens with one attached hydrogen (secondary N) is 1. The maximum Gasteiger partial charge on any atom is 0.182 e. The van der Waals surface area contributed by atoms with E-state index >= 15 is 0 Å². The van der Waals surface area contributed by atoms with Crippen LogP contribution >= 0.6 is 28.3 Å². The molecule has 1 N–H and O–H groups in total. The molecular formula is C11H19BrN2O2S. The van der Waals surface area contributed by atoms with E-state index in [4.69, 9.17) is 14.9 Å². The second-order valence-corrected chi connectivity index (χ2v) is 5.07. The summed E-state index contributed by atoms with van der Waals surface area (Å²) in [6.07, 6.45) is 4.29. The number of ether oxygens (including phenoxy) is 2. The van der Waals surface area contributed by atoms with Crippen LogP contribution in [0.15, 0.2) is 6.20 Å². The van der Waals surface area contributed by atoms with Crippen LogP contribution in [0.5, 0.6) is 0 Å². The molecule has 0 unspecified atom stereocenters. The van der Waals surface area contributed by atoms with E-state index in [2.05, 4.69) is 6.20 Å². The highest BCUT2D eigenvalue weighted by atomic mass is 79.9. The lowest BCUT2D eigenvalue weighted by molar-refractivity contribution is 0.0859. The van der Waals surface area contributed by atoms with E-state index in [1.54, 1.807) is 18.4 Å². The summed E-state index contributed by atoms with van der Waals surface area (Å²) in [5.74, 6) is 0.589. The Morgan fingerprint density at radius 2 is 2.24 bits per heavy atom. The van der Waals surface area contributed by atoms with Gasteiger partial charge < -0.3 is 14.0 Å². The molecule has 1 aromatic heterocycles. The molecule has 0 atom stereocenters. The van der Waals surface area contributed by atoms with Gasteiger partial charge in [0.1, 0.15) is 0 Å². The van der Waals surface area contributed by atoms with Crippen LogP contribution in [-0.2, 0) is 16.0 Å². The van der Waals surface area contributed by atoms with Gasteiger partial charge in [-0.25, -0.2) is 0 Å². The van der Waals surface area contributed by atoms with Gasteiger partial charge in [0.05, 0.1) is 6.61 Å². The topological polar surface area (TPSA) is 47.2 Å². The molecule has 2 heterocycles. The van der Waals surface area contributed by atoms with E-state index in [1.807, 2.05) is 4.57 Å². The van der Waals surface area contributed by atoms with Gasteiger partial charge in [0.15, 0.2) is 4.80 Å². The fourth-order valence-corrected chi connectivity index (χ4v) is 3.00. The van der Waals surface area contributed by atoms with Crippen molar-refractivity contribution in [3.63, 3.8) is 0 Å². The third kappa shape index (κ3) is 3.91. The van der Waals surface area contributed by atoms with Gasteiger partial charge in [-0.05, 0) is 18.8 Å². The molecule has 17 heavy (non-hydrogen) atoms. The fourth-order valence-electron chi connectivity index (χ4n) is 1.94. The quantitative estimate of drug-likeness (QED) is 0.923. The number of thiazole rings is 1. The average molecular weight is 323 g/mol. The summed E-state index contributed by atoms with van der Waals surface area (Å²) in [5.41, 5.74) is 0. The van der Waals surface area contributed by atoms with Gasteiger partial charge in [0.2, 0.25) is 0 Å². The lowest BCUT2D eigenvalue weighted by atomic mass is 9.99. The zero-order chi connectivity index (χ0) is 11.4. The number of rotatable bonds is 4. The number of hydrogen-bond acceptors (Lipinski definition) is 4. The van der Waals surface area contributed by atoms with Crippen molar-refractivity contribution in [1.82, 2.24) is 4.57 Å². The molecule has 0 aliphatic carbocycles. The third-order valence-electron chi connectivity index (χ3n) is 2.92. The molecule has 1 aliphatic rings. The van der Waals surface area contributed by atoms with Crippen molar-refractivity contribution < 1.29 is 9.47 Å². The van der Waals surface area contributed by atoms with Crippen LogP contribution in [0.1, 0.15) is 23.6 Å². The van der Waals surface area contributed by atoms with E-state index in [0.29, 0.717) is 17.3 Å². The second-order valence-electron chi connectivity index (χ2n) is 4.01. The van der Waals surface area contributed by atoms with Crippen molar-refractivity contribution in [1.29, 1.82) is 5.41 Å². The van der Waals surface area contributed by atoms with Crippen LogP contribution in [-0.4, -0.2) is 31.5 Å². The molecule has 0 amide bonds. The van der Waals surface area contributed by atoms with Gasteiger partial charge in [-0.2, -0.15) is 0 Å². The van der Waals surface area contributed by atoms with Gasteiger partial charge in [-0.1, -0.05) is 0 Å². The van der Waals surface area contributed by atoms with Crippen LogP contribution in [0, 0.1) is 5.41 Å². The van der Waals surface area contributed by atoms with Gasteiger partial charge >= 0.3 is 0 Å². The van der Waals surface area contributed by atoms with E-state index in [-0.39, 0.29) is 17.0 Å². The van der Waals surface area contributed by atoms with Crippen molar-refractivity contribution in [2.45, 2.75) is 25.3 Å². The van der Waals surface area contributed by atoms with E-state index in [1.165, 1.54) is 4.88 Å². The van der Waals surface area contributed by atoms with Crippen molar-refractivity contribution in [3.05, 3.63) is 15.9 Å². The molecule has 1 aliphatic heterocycles. The molecule has 1 fully saturated rings. The molecule has 4 nitrogen and oxygen atoms in total. The van der Waals surface area contributed by atoms with E-state index in [0.717, 1.165) is 32.6 Å². The fraction of sp³-hybridized carbons (Fsp3) is 0.727. The SMILES string of the molecule is Br.COCCn1cc(C2CCOCC2)sc1=N. The summed E-state index contributed by atoms with van der Waals surface area (Å²) in [6, 6.07) is 0. The minimum Gasteiger partial charge on any atom is -0.383 e. The average Bonchev–Trinajstić information content (AvgIpc) is 2.69. The molecule has 0 aromatic carbocycles. The van der Waals surface area contributed by atoms with Gasteiger partial charge in [-0.15, -0.1) is 28.3 Å². The summed E-state index contributed by atoms with van der Waals surface area (Å²) in [4.78, 5) is 1.95. The largest absolute Gasteiger partial charge is 0.383 e. The number of methoxy groups -OCH3 is 1. The summed E-state index contributed by atoms with van der Waals surface area (Å²) in [7, 11) is 1.69. The molecule has 6 heteroatoms. The molecule has 0 saturated carbocycles. The highest BCUT2D eigenvalue weighted by Gasteiger charge is 2.18. The minimum atomic E-state index is 0. The molecule has 0 radical (unpaired) electrons. The Kier molecular flexibility index (Phi) is 6.40. The van der Waals surface area contributed by atoms with Crippen molar-refractivity contribution >= 4 is 28.3 Å². The van der Waals surface area contributed by atoms with Crippen LogP contribution in [0.3, 0.4) is 0 Å². The standard InChI is InChI=1S/C11H18N2O2S.BrH/c1-14-7-4-13-8-10(16-11(13)12)9-2-5-15-6-3-9;/h8-9,12H,2-7H2,1H3;1H. The summed E-state index contributed by atoms with van der Waals surface area (Å²) >= 11 is 1.59.